The first kappa shape index (κ1) is 15.6. The SMILES string of the molecule is CCNC(c1sc(C)cc1C)c1c(F)cc(Br)cc1F. The van der Waals surface area contributed by atoms with Crippen molar-refractivity contribution in [2.75, 3.05) is 6.54 Å². The number of hydrogen-bond acceptors (Lipinski definition) is 2. The Labute approximate surface area is 130 Å². The standard InChI is InChI=1S/C15H16BrF2NS/c1-4-19-14(15-8(2)5-9(3)20-15)13-11(17)6-10(16)7-12(13)18/h5-7,14,19H,4H2,1-3H3. The van der Waals surface area contributed by atoms with E-state index < -0.39 is 17.7 Å². The molecule has 0 fully saturated rings. The lowest BCUT2D eigenvalue weighted by molar-refractivity contribution is 0.512. The summed E-state index contributed by atoms with van der Waals surface area (Å²) < 4.78 is 28.8. The molecule has 1 N–H and O–H groups in total. The van der Waals surface area contributed by atoms with Gasteiger partial charge in [0.05, 0.1) is 6.04 Å². The number of benzene rings is 1. The second-order valence-corrected chi connectivity index (χ2v) is 6.88. The molecule has 2 rings (SSSR count). The van der Waals surface area contributed by atoms with Crippen LogP contribution < -0.4 is 5.32 Å². The molecule has 1 aromatic carbocycles. The summed E-state index contributed by atoms with van der Waals surface area (Å²) in [5.74, 6) is -1.07. The maximum Gasteiger partial charge on any atom is 0.132 e. The molecule has 1 atom stereocenters. The lowest BCUT2D eigenvalue weighted by Crippen LogP contribution is -2.24. The minimum absolute atomic E-state index is 0.0833. The van der Waals surface area contributed by atoms with E-state index in [1.807, 2.05) is 26.8 Å². The van der Waals surface area contributed by atoms with Crippen LogP contribution >= 0.6 is 27.3 Å². The average Bonchev–Trinajstić information content (AvgIpc) is 2.66. The van der Waals surface area contributed by atoms with Gasteiger partial charge in [0.25, 0.3) is 0 Å². The zero-order chi connectivity index (χ0) is 14.9. The number of thiophene rings is 1. The number of aryl methyl sites for hydroxylation is 2. The molecule has 1 heterocycles. The first-order valence-corrected chi connectivity index (χ1v) is 7.99. The van der Waals surface area contributed by atoms with Crippen molar-refractivity contribution in [2.24, 2.45) is 0 Å². The molecule has 0 saturated heterocycles. The topological polar surface area (TPSA) is 12.0 Å². The summed E-state index contributed by atoms with van der Waals surface area (Å²) in [6, 6.07) is 4.20. The van der Waals surface area contributed by atoms with E-state index in [1.165, 1.54) is 12.1 Å². The van der Waals surface area contributed by atoms with E-state index in [2.05, 4.69) is 21.2 Å². The lowest BCUT2D eigenvalue weighted by atomic mass is 10.0. The zero-order valence-corrected chi connectivity index (χ0v) is 14.0. The largest absolute Gasteiger partial charge is 0.306 e. The summed E-state index contributed by atoms with van der Waals surface area (Å²) in [7, 11) is 0. The van der Waals surface area contributed by atoms with E-state index in [0.717, 1.165) is 15.3 Å². The van der Waals surface area contributed by atoms with Crippen LogP contribution in [0.4, 0.5) is 8.78 Å². The van der Waals surface area contributed by atoms with Gasteiger partial charge in [0.1, 0.15) is 11.6 Å². The summed E-state index contributed by atoms with van der Waals surface area (Å²) in [4.78, 5) is 2.10. The monoisotopic (exact) mass is 359 g/mol. The molecule has 5 heteroatoms. The zero-order valence-electron chi connectivity index (χ0n) is 11.6. The van der Waals surface area contributed by atoms with Gasteiger partial charge in [-0.25, -0.2) is 8.78 Å². The first-order valence-electron chi connectivity index (χ1n) is 6.38. The van der Waals surface area contributed by atoms with Gasteiger partial charge in [-0.05, 0) is 44.2 Å². The van der Waals surface area contributed by atoms with Crippen LogP contribution in [0.3, 0.4) is 0 Å². The Bertz CT molecular complexity index is 601. The van der Waals surface area contributed by atoms with Crippen molar-refractivity contribution in [1.29, 1.82) is 0 Å². The molecule has 20 heavy (non-hydrogen) atoms. The van der Waals surface area contributed by atoms with E-state index in [4.69, 9.17) is 0 Å². The Kier molecular flexibility index (Phi) is 4.94. The van der Waals surface area contributed by atoms with Gasteiger partial charge in [0, 0.05) is 19.8 Å². The minimum atomic E-state index is -0.534. The molecule has 0 amide bonds. The normalized spacial score (nSPS) is 12.7. The Hall–Kier alpha value is -0.780. The van der Waals surface area contributed by atoms with Crippen LogP contribution in [0.25, 0.3) is 0 Å². The van der Waals surface area contributed by atoms with E-state index in [1.54, 1.807) is 11.3 Å². The number of halogens is 3. The highest BCUT2D eigenvalue weighted by Crippen LogP contribution is 2.35. The van der Waals surface area contributed by atoms with Crippen LogP contribution in [0.1, 0.15) is 33.8 Å². The summed E-state index contributed by atoms with van der Waals surface area (Å²) >= 11 is 4.68. The predicted molar refractivity (Wildman–Crippen MR) is 83.4 cm³/mol. The molecule has 1 unspecified atom stereocenters. The smallest absolute Gasteiger partial charge is 0.132 e. The van der Waals surface area contributed by atoms with Gasteiger partial charge >= 0.3 is 0 Å². The van der Waals surface area contributed by atoms with E-state index in [0.29, 0.717) is 11.0 Å². The van der Waals surface area contributed by atoms with Gasteiger partial charge in [0.15, 0.2) is 0 Å². The van der Waals surface area contributed by atoms with Crippen molar-refractivity contribution in [3.63, 3.8) is 0 Å². The number of hydrogen-bond donors (Lipinski definition) is 1. The summed E-state index contributed by atoms with van der Waals surface area (Å²) in [5, 5.41) is 3.19. The van der Waals surface area contributed by atoms with E-state index >= 15 is 0 Å². The maximum absolute atomic E-state index is 14.2. The molecule has 0 aliphatic heterocycles. The fraction of sp³-hybridized carbons (Fsp3) is 0.333. The third-order valence-electron chi connectivity index (χ3n) is 3.08. The highest BCUT2D eigenvalue weighted by molar-refractivity contribution is 9.10. The van der Waals surface area contributed by atoms with Crippen LogP contribution in [-0.4, -0.2) is 6.54 Å². The third-order valence-corrected chi connectivity index (χ3v) is 4.76. The molecule has 0 bridgehead atoms. The Balaban J connectivity index is 2.57. The van der Waals surface area contributed by atoms with Crippen LogP contribution in [0.15, 0.2) is 22.7 Å². The number of nitrogens with one attached hydrogen (secondary N) is 1. The Morgan fingerprint density at radius 2 is 1.80 bits per heavy atom. The molecule has 2 aromatic rings. The van der Waals surface area contributed by atoms with Crippen molar-refractivity contribution in [3.05, 3.63) is 55.2 Å². The van der Waals surface area contributed by atoms with Crippen LogP contribution in [0.2, 0.25) is 0 Å². The second-order valence-electron chi connectivity index (χ2n) is 4.68. The molecule has 0 spiro atoms. The van der Waals surface area contributed by atoms with Gasteiger partial charge < -0.3 is 5.32 Å². The van der Waals surface area contributed by atoms with Gasteiger partial charge in [-0.3, -0.25) is 0 Å². The fourth-order valence-corrected chi connectivity index (χ4v) is 3.83. The van der Waals surface area contributed by atoms with Crippen LogP contribution in [-0.2, 0) is 0 Å². The molecule has 1 nitrogen and oxygen atoms in total. The summed E-state index contributed by atoms with van der Waals surface area (Å²) in [6.45, 7) is 6.53. The molecule has 0 aliphatic rings. The molecular weight excluding hydrogens is 344 g/mol. The molecule has 0 saturated carbocycles. The molecule has 0 aliphatic carbocycles. The van der Waals surface area contributed by atoms with Crippen molar-refractivity contribution >= 4 is 27.3 Å². The van der Waals surface area contributed by atoms with Gasteiger partial charge in [-0.15, -0.1) is 11.3 Å². The summed E-state index contributed by atoms with van der Waals surface area (Å²) in [5.41, 5.74) is 1.14. The molecule has 0 radical (unpaired) electrons. The van der Waals surface area contributed by atoms with Crippen molar-refractivity contribution in [1.82, 2.24) is 5.32 Å². The summed E-state index contributed by atoms with van der Waals surface area (Å²) in [6.07, 6.45) is 0. The van der Waals surface area contributed by atoms with E-state index in [-0.39, 0.29) is 5.56 Å². The average molecular weight is 360 g/mol. The van der Waals surface area contributed by atoms with Crippen LogP contribution in [0, 0.1) is 25.5 Å². The minimum Gasteiger partial charge on any atom is -0.306 e. The van der Waals surface area contributed by atoms with Crippen molar-refractivity contribution in [2.45, 2.75) is 26.8 Å². The molecule has 108 valence electrons. The van der Waals surface area contributed by atoms with Crippen LogP contribution in [0.5, 0.6) is 0 Å². The Morgan fingerprint density at radius 1 is 1.20 bits per heavy atom. The molecular formula is C15H16BrF2NS. The lowest BCUT2D eigenvalue weighted by Gasteiger charge is -2.20. The van der Waals surface area contributed by atoms with Crippen molar-refractivity contribution in [3.8, 4) is 0 Å². The third kappa shape index (κ3) is 3.10. The fourth-order valence-electron chi connectivity index (χ4n) is 2.31. The maximum atomic E-state index is 14.2. The quantitative estimate of drug-likeness (QED) is 0.800. The van der Waals surface area contributed by atoms with Crippen molar-refractivity contribution < 1.29 is 8.78 Å². The highest BCUT2D eigenvalue weighted by Gasteiger charge is 2.24. The highest BCUT2D eigenvalue weighted by atomic mass is 79.9. The van der Waals surface area contributed by atoms with Gasteiger partial charge in [-0.2, -0.15) is 0 Å². The predicted octanol–water partition coefficient (Wildman–Crippen LogP) is 5.10. The second kappa shape index (κ2) is 6.33. The first-order chi connectivity index (χ1) is 9.43. The van der Waals surface area contributed by atoms with E-state index in [9.17, 15) is 8.78 Å². The number of rotatable bonds is 4. The van der Waals surface area contributed by atoms with Gasteiger partial charge in [0.2, 0.25) is 0 Å². The molecule has 1 aromatic heterocycles. The van der Waals surface area contributed by atoms with Gasteiger partial charge in [-0.1, -0.05) is 22.9 Å². The Morgan fingerprint density at radius 3 is 2.25 bits per heavy atom.